The molecule has 3 heterocycles. The summed E-state index contributed by atoms with van der Waals surface area (Å²) in [4.78, 5) is 32.2. The Labute approximate surface area is 288 Å². The van der Waals surface area contributed by atoms with Crippen LogP contribution < -0.4 is 14.4 Å². The quantitative estimate of drug-likeness (QED) is 0.138. The summed E-state index contributed by atoms with van der Waals surface area (Å²) in [5.41, 5.74) is 1.70. The Kier molecular flexibility index (Phi) is 9.03. The maximum Gasteiger partial charge on any atom is 0.319 e. The smallest absolute Gasteiger partial charge is 0.319 e. The van der Waals surface area contributed by atoms with E-state index in [4.69, 9.17) is 49.2 Å². The third kappa shape index (κ3) is 6.11. The van der Waals surface area contributed by atoms with Crippen molar-refractivity contribution < 1.29 is 18.7 Å². The van der Waals surface area contributed by atoms with Crippen LogP contribution in [0, 0.1) is 12.4 Å². The van der Waals surface area contributed by atoms with Crippen LogP contribution in [0.2, 0.25) is 10.0 Å². The highest BCUT2D eigenvalue weighted by molar-refractivity contribution is 6.39. The van der Waals surface area contributed by atoms with Crippen LogP contribution in [-0.2, 0) is 4.79 Å². The average molecular weight is 690 g/mol. The lowest BCUT2D eigenvalue weighted by Crippen LogP contribution is -2.56. The lowest BCUT2D eigenvalue weighted by Gasteiger charge is -2.39. The van der Waals surface area contributed by atoms with Gasteiger partial charge in [-0.15, -0.1) is 0 Å². The van der Waals surface area contributed by atoms with E-state index in [1.807, 2.05) is 24.3 Å². The molecule has 0 bridgehead atoms. The van der Waals surface area contributed by atoms with Gasteiger partial charge >= 0.3 is 6.01 Å². The first-order valence-electron chi connectivity index (χ1n) is 16.2. The highest BCUT2D eigenvalue weighted by Gasteiger charge is 2.35. The standard InChI is InChI=1S/C36H35Cl2FN6O3/c1-4-29(46)45-16-15-44(19-23(45)18-40-2)35-26-17-27(37)31(25-9-5-7-21-10-13-28(39)32(38)30(21)25)34(48-24-11-12-24)33(26)41-36(42-35)47-20-22-8-6-14-43(22)3/h4-5,7,9-10,13,17,22-24H,1,6,8,11-12,14-16,18-20H2,3H3/t22-,23-/m0/s1. The van der Waals surface area contributed by atoms with E-state index >= 15 is 0 Å². The van der Waals surface area contributed by atoms with Crippen molar-refractivity contribution in [3.63, 3.8) is 0 Å². The van der Waals surface area contributed by atoms with Gasteiger partial charge in [0.05, 0.1) is 16.1 Å². The number of likely N-dealkylation sites (N-methyl/N-ethyl adjacent to an activating group) is 1. The number of ether oxygens (including phenoxy) is 2. The van der Waals surface area contributed by atoms with Gasteiger partial charge in [-0.1, -0.05) is 54.0 Å². The van der Waals surface area contributed by atoms with Crippen molar-refractivity contribution in [2.75, 3.05) is 51.3 Å². The number of hydrogen-bond donors (Lipinski definition) is 0. The molecule has 0 spiro atoms. The topological polar surface area (TPSA) is 75.4 Å². The molecule has 1 amide bonds. The number of amides is 1. The van der Waals surface area contributed by atoms with Gasteiger partial charge in [0.15, 0.2) is 5.75 Å². The number of benzene rings is 3. The predicted octanol–water partition coefficient (Wildman–Crippen LogP) is 7.03. The van der Waals surface area contributed by atoms with Crippen molar-refractivity contribution in [2.45, 2.75) is 43.9 Å². The second-order valence-corrected chi connectivity index (χ2v) is 13.4. The molecule has 3 aromatic carbocycles. The summed E-state index contributed by atoms with van der Waals surface area (Å²) in [6, 6.07) is 10.5. The normalized spacial score (nSPS) is 19.9. The molecule has 1 aliphatic carbocycles. The molecular formula is C36H35Cl2FN6O3. The lowest BCUT2D eigenvalue weighted by molar-refractivity contribution is -0.128. The van der Waals surface area contributed by atoms with E-state index in [9.17, 15) is 9.18 Å². The number of halogens is 3. The number of rotatable bonds is 9. The van der Waals surface area contributed by atoms with Gasteiger partial charge in [0.1, 0.15) is 29.8 Å². The Hall–Kier alpha value is -4.17. The number of hydrogen-bond acceptors (Lipinski definition) is 7. The molecule has 1 aromatic heterocycles. The fraction of sp³-hybridized carbons (Fsp3) is 0.389. The van der Waals surface area contributed by atoms with Gasteiger partial charge in [0.25, 0.3) is 0 Å². The molecule has 3 fully saturated rings. The largest absolute Gasteiger partial charge is 0.487 e. The first kappa shape index (κ1) is 32.4. The van der Waals surface area contributed by atoms with Gasteiger partial charge in [-0.25, -0.2) is 11.0 Å². The van der Waals surface area contributed by atoms with Gasteiger partial charge in [-0.2, -0.15) is 9.97 Å². The van der Waals surface area contributed by atoms with Crippen molar-refractivity contribution in [2.24, 2.45) is 0 Å². The summed E-state index contributed by atoms with van der Waals surface area (Å²) >= 11 is 13.8. The second-order valence-electron chi connectivity index (χ2n) is 12.6. The minimum absolute atomic E-state index is 0.00232. The molecule has 2 atom stereocenters. The van der Waals surface area contributed by atoms with Crippen LogP contribution in [0.4, 0.5) is 10.2 Å². The van der Waals surface area contributed by atoms with E-state index in [-0.39, 0.29) is 41.7 Å². The highest BCUT2D eigenvalue weighted by Crippen LogP contribution is 2.49. The minimum atomic E-state index is -0.529. The Balaban J connectivity index is 1.42. The summed E-state index contributed by atoms with van der Waals surface area (Å²) in [6.07, 6.45) is 5.13. The number of carbonyl (C=O) groups is 1. The summed E-state index contributed by atoms with van der Waals surface area (Å²) in [5, 5.41) is 2.31. The van der Waals surface area contributed by atoms with Crippen LogP contribution in [0.3, 0.4) is 0 Å². The van der Waals surface area contributed by atoms with Crippen molar-refractivity contribution in [1.29, 1.82) is 0 Å². The lowest BCUT2D eigenvalue weighted by atomic mass is 9.95. The van der Waals surface area contributed by atoms with E-state index < -0.39 is 5.82 Å². The zero-order chi connectivity index (χ0) is 33.5. The first-order valence-corrected chi connectivity index (χ1v) is 16.9. The monoisotopic (exact) mass is 688 g/mol. The SMILES string of the molecule is [C-]#[N+]C[C@H]1CN(c2nc(OC[C@@H]3CCCN3C)nc3c(OC4CC4)c(-c4cccc5ccc(F)c(Cl)c45)c(Cl)cc23)CCN1C(=O)C=C. The summed E-state index contributed by atoms with van der Waals surface area (Å²) in [7, 11) is 2.09. The molecule has 2 saturated heterocycles. The Morgan fingerprint density at radius 2 is 1.98 bits per heavy atom. The first-order chi connectivity index (χ1) is 23.3. The molecule has 0 N–H and O–H groups in total. The fourth-order valence-electron chi connectivity index (χ4n) is 6.79. The molecular weight excluding hydrogens is 654 g/mol. The molecule has 0 unspecified atom stereocenters. The molecule has 248 valence electrons. The maximum atomic E-state index is 14.9. The van der Waals surface area contributed by atoms with Crippen LogP contribution in [-0.4, -0.2) is 90.2 Å². The van der Waals surface area contributed by atoms with Crippen molar-refractivity contribution in [1.82, 2.24) is 19.8 Å². The number of nitrogens with zero attached hydrogens (tertiary/aromatic N) is 6. The third-order valence-electron chi connectivity index (χ3n) is 9.49. The van der Waals surface area contributed by atoms with E-state index in [0.29, 0.717) is 70.2 Å². The summed E-state index contributed by atoms with van der Waals surface area (Å²) in [6.45, 7) is 14.0. The molecule has 1 saturated carbocycles. The van der Waals surface area contributed by atoms with Gasteiger partial charge < -0.3 is 29.0 Å². The average Bonchev–Trinajstić information content (AvgIpc) is 3.82. The van der Waals surface area contributed by atoms with E-state index in [1.165, 1.54) is 12.1 Å². The Bertz CT molecular complexity index is 1960. The van der Waals surface area contributed by atoms with E-state index in [2.05, 4.69) is 28.3 Å². The van der Waals surface area contributed by atoms with Crippen LogP contribution in [0.25, 0.3) is 37.6 Å². The minimum Gasteiger partial charge on any atom is -0.487 e. The van der Waals surface area contributed by atoms with Crippen LogP contribution in [0.15, 0.2) is 49.1 Å². The molecule has 12 heteroatoms. The van der Waals surface area contributed by atoms with Crippen molar-refractivity contribution >= 4 is 56.6 Å². The summed E-state index contributed by atoms with van der Waals surface area (Å²) < 4.78 is 27.8. The Morgan fingerprint density at radius 1 is 1.15 bits per heavy atom. The number of piperazine rings is 1. The molecule has 3 aliphatic rings. The van der Waals surface area contributed by atoms with E-state index in [0.717, 1.165) is 37.6 Å². The van der Waals surface area contributed by atoms with Crippen molar-refractivity contribution in [3.8, 4) is 22.9 Å². The highest BCUT2D eigenvalue weighted by atomic mass is 35.5. The maximum absolute atomic E-state index is 14.9. The fourth-order valence-corrected chi connectivity index (χ4v) is 7.36. The zero-order valence-electron chi connectivity index (χ0n) is 26.6. The molecule has 2 aliphatic heterocycles. The van der Waals surface area contributed by atoms with Crippen molar-refractivity contribution in [3.05, 3.63) is 76.3 Å². The van der Waals surface area contributed by atoms with Gasteiger partial charge in [-0.3, -0.25) is 4.79 Å². The number of carbonyl (C=O) groups excluding carboxylic acids is 1. The van der Waals surface area contributed by atoms with Crippen LogP contribution in [0.5, 0.6) is 11.8 Å². The number of anilines is 1. The third-order valence-corrected chi connectivity index (χ3v) is 10.2. The summed E-state index contributed by atoms with van der Waals surface area (Å²) in [5.74, 6) is 0.293. The molecule has 4 aromatic rings. The number of fused-ring (bicyclic) bond motifs is 2. The molecule has 0 radical (unpaired) electrons. The van der Waals surface area contributed by atoms with Gasteiger partial charge in [0.2, 0.25) is 12.5 Å². The Morgan fingerprint density at radius 3 is 2.71 bits per heavy atom. The molecule has 9 nitrogen and oxygen atoms in total. The van der Waals surface area contributed by atoms with Crippen LogP contribution in [0.1, 0.15) is 25.7 Å². The number of aromatic nitrogens is 2. The van der Waals surface area contributed by atoms with Crippen LogP contribution >= 0.6 is 23.2 Å². The molecule has 7 rings (SSSR count). The van der Waals surface area contributed by atoms with E-state index in [1.54, 1.807) is 11.0 Å². The molecule has 48 heavy (non-hydrogen) atoms. The van der Waals surface area contributed by atoms with Gasteiger partial charge in [-0.05, 0) is 68.4 Å². The second kappa shape index (κ2) is 13.4. The number of likely N-dealkylation sites (tertiary alicyclic amines) is 1. The predicted molar refractivity (Wildman–Crippen MR) is 187 cm³/mol. The van der Waals surface area contributed by atoms with Gasteiger partial charge in [0, 0.05) is 42.0 Å². The zero-order valence-corrected chi connectivity index (χ0v) is 28.1.